The van der Waals surface area contributed by atoms with Gasteiger partial charge in [-0.2, -0.15) is 0 Å². The summed E-state index contributed by atoms with van der Waals surface area (Å²) in [5.74, 6) is 0. The first-order chi connectivity index (χ1) is 47.5. The minimum atomic E-state index is -2.95. The molecule has 0 unspecified atom stereocenters. The highest BCUT2D eigenvalue weighted by Gasteiger charge is 2.43. The lowest BCUT2D eigenvalue weighted by Crippen LogP contribution is -2.74. The molecule has 0 saturated heterocycles. The number of fused-ring (bicyclic) bond motifs is 6. The Labute approximate surface area is 563 Å². The van der Waals surface area contributed by atoms with Crippen LogP contribution in [0.15, 0.2) is 388 Å². The average Bonchev–Trinajstić information content (AvgIpc) is 1.47. The Bertz CT molecular complexity index is 5070. The lowest BCUT2D eigenvalue weighted by molar-refractivity contribution is 1.18. The van der Waals surface area contributed by atoms with Crippen LogP contribution in [0.2, 0.25) is 0 Å². The monoisotopic (exact) mass is 1260 g/mol. The Balaban J connectivity index is 0.918. The first-order valence-corrected chi connectivity index (χ1v) is 37.2. The summed E-state index contributed by atoms with van der Waals surface area (Å²) in [6.07, 6.45) is 0. The number of hydrogen-bond donors (Lipinski definition) is 0. The van der Waals surface area contributed by atoms with Crippen molar-refractivity contribution in [1.29, 1.82) is 0 Å². The van der Waals surface area contributed by atoms with E-state index in [2.05, 4.69) is 409 Å². The summed E-state index contributed by atoms with van der Waals surface area (Å²) in [6.45, 7) is 2.18. The molecule has 0 fully saturated rings. The van der Waals surface area contributed by atoms with Crippen LogP contribution >= 0.6 is 0 Å². The topological polar surface area (TPSA) is 13.1 Å². The number of nitrogens with zero attached hydrogens (tertiary/aromatic N) is 3. The van der Waals surface area contributed by atoms with Gasteiger partial charge >= 0.3 is 0 Å². The van der Waals surface area contributed by atoms with Crippen LogP contribution in [0.5, 0.6) is 0 Å². The molecule has 0 spiro atoms. The quantitative estimate of drug-likeness (QED) is 0.0736. The molecule has 454 valence electrons. The number of anilines is 3. The van der Waals surface area contributed by atoms with Gasteiger partial charge in [-0.15, -0.1) is 0 Å². The van der Waals surface area contributed by atoms with E-state index in [0.29, 0.717) is 0 Å². The summed E-state index contributed by atoms with van der Waals surface area (Å²) in [5.41, 5.74) is 16.0. The van der Waals surface area contributed by atoms with Crippen LogP contribution < -0.4 is 46.4 Å². The third kappa shape index (κ3) is 9.86. The van der Waals surface area contributed by atoms with E-state index in [0.717, 1.165) is 50.5 Å². The van der Waals surface area contributed by atoms with Gasteiger partial charge in [-0.1, -0.05) is 309 Å². The van der Waals surface area contributed by atoms with Crippen molar-refractivity contribution < 1.29 is 0 Å². The molecular formula is C91H67N3Si2. The lowest BCUT2D eigenvalue weighted by Gasteiger charge is -2.34. The van der Waals surface area contributed by atoms with Gasteiger partial charge in [0, 0.05) is 50.0 Å². The smallest absolute Gasteiger partial charge is 0.179 e. The van der Waals surface area contributed by atoms with Crippen molar-refractivity contribution in [3.05, 3.63) is 394 Å². The number of aryl methyl sites for hydroxylation is 1. The van der Waals surface area contributed by atoms with Crippen LogP contribution in [0.3, 0.4) is 0 Å². The molecule has 17 rings (SSSR count). The number of hydrogen-bond acceptors (Lipinski definition) is 1. The van der Waals surface area contributed by atoms with Gasteiger partial charge in [-0.3, -0.25) is 0 Å². The maximum absolute atomic E-state index is 2.95. The molecule has 0 atom stereocenters. The Morgan fingerprint density at radius 1 is 0.208 bits per heavy atom. The van der Waals surface area contributed by atoms with E-state index in [1.807, 2.05) is 0 Å². The third-order valence-electron chi connectivity index (χ3n) is 19.9. The van der Waals surface area contributed by atoms with Gasteiger partial charge in [0.05, 0.1) is 22.1 Å². The second kappa shape index (κ2) is 24.6. The molecule has 0 saturated carbocycles. The van der Waals surface area contributed by atoms with E-state index >= 15 is 0 Å². The third-order valence-corrected chi connectivity index (χ3v) is 29.4. The van der Waals surface area contributed by atoms with Gasteiger partial charge in [0.15, 0.2) is 16.1 Å². The van der Waals surface area contributed by atoms with E-state index < -0.39 is 16.1 Å². The zero-order chi connectivity index (χ0) is 64.0. The zero-order valence-corrected chi connectivity index (χ0v) is 55.3. The van der Waals surface area contributed by atoms with Gasteiger partial charge in [-0.05, 0) is 156 Å². The molecule has 0 aliphatic heterocycles. The molecule has 17 aromatic rings. The van der Waals surface area contributed by atoms with Crippen LogP contribution in [0.4, 0.5) is 17.1 Å². The van der Waals surface area contributed by atoms with Crippen molar-refractivity contribution in [2.24, 2.45) is 0 Å². The number of aromatic nitrogens is 2. The molecule has 0 radical (unpaired) electrons. The highest BCUT2D eigenvalue weighted by Crippen LogP contribution is 2.43. The first kappa shape index (κ1) is 58.0. The van der Waals surface area contributed by atoms with Crippen LogP contribution in [0.25, 0.3) is 77.2 Å². The molecule has 96 heavy (non-hydrogen) atoms. The molecule has 15 aromatic carbocycles. The summed E-state index contributed by atoms with van der Waals surface area (Å²) in [7, 11) is -5.90. The number of rotatable bonds is 15. The van der Waals surface area contributed by atoms with Gasteiger partial charge in [0.1, 0.15) is 0 Å². The second-order valence-electron chi connectivity index (χ2n) is 25.2. The van der Waals surface area contributed by atoms with Crippen molar-refractivity contribution >= 4 is 118 Å². The zero-order valence-electron chi connectivity index (χ0n) is 53.3. The van der Waals surface area contributed by atoms with E-state index in [-0.39, 0.29) is 0 Å². The van der Waals surface area contributed by atoms with Crippen LogP contribution in [-0.2, 0) is 0 Å². The fourth-order valence-electron chi connectivity index (χ4n) is 15.5. The van der Waals surface area contributed by atoms with E-state index in [1.54, 1.807) is 0 Å². The molecule has 5 heteroatoms. The molecular weight excluding hydrogens is 1190 g/mol. The maximum atomic E-state index is 2.56. The fourth-order valence-corrected chi connectivity index (χ4v) is 25.0. The lowest BCUT2D eigenvalue weighted by atomic mass is 10.1. The largest absolute Gasteiger partial charge is 0.310 e. The molecule has 2 aromatic heterocycles. The SMILES string of the molecule is Cc1ccc(N(c2ccc3c(c2)c2cc([Si](c4ccccc4)(c4ccccc4)c4ccccc4)ccc2n3-c2ccc(-c3ccccc3)cc2)c2ccc3c(c2)c2cc([Si](c4ccccc4)(c4ccccc4)c4ccccc4)ccc2n3-c2ccc(-c3ccccc3)cc2)cc1. The molecule has 0 aliphatic carbocycles. The minimum Gasteiger partial charge on any atom is -0.310 e. The van der Waals surface area contributed by atoms with Crippen molar-refractivity contribution in [2.45, 2.75) is 6.92 Å². The van der Waals surface area contributed by atoms with E-state index in [1.165, 1.54) is 90.9 Å². The maximum Gasteiger partial charge on any atom is 0.179 e. The number of benzene rings is 15. The average molecular weight is 1260 g/mol. The van der Waals surface area contributed by atoms with Gasteiger partial charge in [0.25, 0.3) is 0 Å². The molecule has 0 bridgehead atoms. The summed E-state index contributed by atoms with van der Waals surface area (Å²) < 4.78 is 4.96. The van der Waals surface area contributed by atoms with Crippen LogP contribution in [-0.4, -0.2) is 25.3 Å². The minimum absolute atomic E-state index is 1.07. The van der Waals surface area contributed by atoms with E-state index in [9.17, 15) is 0 Å². The summed E-state index contributed by atoms with van der Waals surface area (Å²) in [4.78, 5) is 2.48. The fraction of sp³-hybridized carbons (Fsp3) is 0.0110. The van der Waals surface area contributed by atoms with Crippen molar-refractivity contribution in [1.82, 2.24) is 9.13 Å². The van der Waals surface area contributed by atoms with Crippen molar-refractivity contribution in [3.8, 4) is 33.6 Å². The highest BCUT2D eigenvalue weighted by molar-refractivity contribution is 7.20. The first-order valence-electron chi connectivity index (χ1n) is 33.2. The van der Waals surface area contributed by atoms with Crippen molar-refractivity contribution in [2.75, 3.05) is 4.90 Å². The second-order valence-corrected chi connectivity index (χ2v) is 32.8. The summed E-state index contributed by atoms with van der Waals surface area (Å²) in [6, 6.07) is 146. The van der Waals surface area contributed by atoms with Gasteiger partial charge in [-0.25, -0.2) is 0 Å². The Morgan fingerprint density at radius 3 is 0.760 bits per heavy atom. The Kier molecular flexibility index (Phi) is 14.8. The Hall–Kier alpha value is -11.9. The summed E-state index contributed by atoms with van der Waals surface area (Å²) >= 11 is 0. The summed E-state index contributed by atoms with van der Waals surface area (Å²) in [5, 5.41) is 15.5. The molecule has 0 aliphatic rings. The predicted molar refractivity (Wildman–Crippen MR) is 413 cm³/mol. The normalized spacial score (nSPS) is 11.8. The standard InChI is InChI=1S/C91H67N3Si2/c1-66-42-48-71(49-43-66)92(74-54-58-88-84(62-74)86-64-82(56-60-90(86)93(88)72-50-44-69(45-51-72)67-26-10-2-11-27-67)95(76-30-14-4-15-31-76,77-32-16-5-17-33-77)78-34-18-6-19-35-78)75-55-59-89-85(63-75)87-65-83(57-61-91(87)94(89)73-52-46-70(47-53-73)68-28-12-3-13-29-68)96(79-36-20-7-21-37-79,80-38-22-8-23-39-80)81-40-24-9-25-41-81/h2-65H,1H3. The molecule has 2 heterocycles. The molecule has 3 nitrogen and oxygen atoms in total. The van der Waals surface area contributed by atoms with Crippen LogP contribution in [0.1, 0.15) is 5.56 Å². The molecule has 0 amide bonds. The molecule has 0 N–H and O–H groups in total. The van der Waals surface area contributed by atoms with Crippen molar-refractivity contribution in [3.63, 3.8) is 0 Å². The van der Waals surface area contributed by atoms with Gasteiger partial charge in [0.2, 0.25) is 0 Å². The van der Waals surface area contributed by atoms with E-state index in [4.69, 9.17) is 0 Å². The highest BCUT2D eigenvalue weighted by atomic mass is 28.3. The Morgan fingerprint density at radius 2 is 0.458 bits per heavy atom. The van der Waals surface area contributed by atoms with Crippen LogP contribution in [0, 0.1) is 6.92 Å². The van der Waals surface area contributed by atoms with Gasteiger partial charge < -0.3 is 14.0 Å². The predicted octanol–water partition coefficient (Wildman–Crippen LogP) is 17.7.